The molecule has 2 aromatic heterocycles. The Morgan fingerprint density at radius 3 is 2.56 bits per heavy atom. The number of aryl methyl sites for hydroxylation is 2. The maximum absolute atomic E-state index is 13.4. The number of aromatic nitrogens is 1. The summed E-state index contributed by atoms with van der Waals surface area (Å²) in [5, 5.41) is 14.7. The minimum Gasteiger partial charge on any atom is -0.503 e. The minimum atomic E-state index is -0.992. The Labute approximate surface area is 196 Å². The van der Waals surface area contributed by atoms with Gasteiger partial charge in [0.25, 0.3) is 5.91 Å². The van der Waals surface area contributed by atoms with Crippen molar-refractivity contribution in [2.75, 3.05) is 18.6 Å². The number of carbonyl (C=O) groups excluding carboxylic acids is 2. The predicted molar refractivity (Wildman–Crippen MR) is 122 cm³/mol. The highest BCUT2D eigenvalue weighted by atomic mass is 16.5. The first-order valence-electron chi connectivity index (χ1n) is 11.0. The van der Waals surface area contributed by atoms with Gasteiger partial charge in [-0.05, 0) is 50.1 Å². The molecule has 1 aliphatic heterocycles. The number of hydrogen-bond acceptors (Lipinski definition) is 8. The Bertz CT molecular complexity index is 1250. The molecule has 0 radical (unpaired) electrons. The third-order valence-corrected chi connectivity index (χ3v) is 5.54. The fraction of sp³-hybridized carbons (Fsp3) is 0.320. The fourth-order valence-electron chi connectivity index (χ4n) is 3.84. The van der Waals surface area contributed by atoms with Crippen molar-refractivity contribution in [2.24, 2.45) is 0 Å². The number of benzene rings is 1. The zero-order valence-electron chi connectivity index (χ0n) is 19.5. The Hall–Kier alpha value is -4.01. The van der Waals surface area contributed by atoms with E-state index in [1.165, 1.54) is 18.1 Å². The van der Waals surface area contributed by atoms with E-state index in [4.69, 9.17) is 18.4 Å². The zero-order valence-corrected chi connectivity index (χ0v) is 19.5. The van der Waals surface area contributed by atoms with Gasteiger partial charge in [0.2, 0.25) is 5.78 Å². The van der Waals surface area contributed by atoms with Gasteiger partial charge in [-0.2, -0.15) is 0 Å². The van der Waals surface area contributed by atoms with Gasteiger partial charge in [-0.15, -0.1) is 0 Å². The monoisotopic (exact) mass is 466 g/mol. The molecule has 1 amide bonds. The highest BCUT2D eigenvalue weighted by Crippen LogP contribution is 2.43. The van der Waals surface area contributed by atoms with E-state index in [1.54, 1.807) is 44.2 Å². The number of furan rings is 1. The first-order chi connectivity index (χ1) is 16.3. The van der Waals surface area contributed by atoms with E-state index in [0.717, 1.165) is 12.8 Å². The molecular formula is C25H26N2O7. The molecule has 1 atom stereocenters. The van der Waals surface area contributed by atoms with Gasteiger partial charge in [0.1, 0.15) is 11.5 Å². The van der Waals surface area contributed by atoms with Crippen molar-refractivity contribution in [3.05, 3.63) is 70.6 Å². The van der Waals surface area contributed by atoms with E-state index in [1.807, 2.05) is 0 Å². The molecule has 9 heteroatoms. The van der Waals surface area contributed by atoms with Crippen molar-refractivity contribution >= 4 is 17.5 Å². The van der Waals surface area contributed by atoms with E-state index in [0.29, 0.717) is 35.2 Å². The summed E-state index contributed by atoms with van der Waals surface area (Å²) in [5.74, 6) is 0.109. The molecule has 0 unspecified atom stereocenters. The summed E-state index contributed by atoms with van der Waals surface area (Å²) in [4.78, 5) is 27.8. The molecular weight excluding hydrogens is 440 g/mol. The molecule has 1 aromatic carbocycles. The average molecular weight is 466 g/mol. The average Bonchev–Trinajstić information content (AvgIpc) is 3.52. The number of rotatable bonds is 9. The van der Waals surface area contributed by atoms with E-state index in [9.17, 15) is 14.7 Å². The normalized spacial score (nSPS) is 15.8. The van der Waals surface area contributed by atoms with Crippen LogP contribution in [0.2, 0.25) is 0 Å². The molecule has 1 aliphatic rings. The van der Waals surface area contributed by atoms with Gasteiger partial charge < -0.3 is 23.5 Å². The van der Waals surface area contributed by atoms with Gasteiger partial charge in [0, 0.05) is 6.07 Å². The number of ketones is 1. The number of Topliss-reactive ketones (excluding diaryl/α,β-unsaturated/α-hetero) is 1. The first kappa shape index (κ1) is 23.2. The highest BCUT2D eigenvalue weighted by molar-refractivity contribution is 6.20. The lowest BCUT2D eigenvalue weighted by molar-refractivity contribution is -0.117. The smallest absolute Gasteiger partial charge is 0.295 e. The van der Waals surface area contributed by atoms with Crippen LogP contribution >= 0.6 is 0 Å². The molecule has 3 heterocycles. The molecule has 9 nitrogen and oxygen atoms in total. The zero-order chi connectivity index (χ0) is 24.4. The molecule has 34 heavy (non-hydrogen) atoms. The standard InChI is InChI=1S/C25H26N2O7/c1-5-6-11-32-17-10-8-16(13-19(17)31-4)22-21(23(28)18-9-7-14(2)33-18)24(29)25(30)27(22)20-12-15(3)34-26-20/h7-10,12-13,22,29H,5-6,11H2,1-4H3/t22-/m1/s1. The maximum atomic E-state index is 13.4. The Balaban J connectivity index is 1.82. The van der Waals surface area contributed by atoms with Crippen molar-refractivity contribution in [3.63, 3.8) is 0 Å². The van der Waals surface area contributed by atoms with E-state index < -0.39 is 23.5 Å². The number of ether oxygens (including phenoxy) is 2. The van der Waals surface area contributed by atoms with Gasteiger partial charge in [0.05, 0.1) is 25.3 Å². The Morgan fingerprint density at radius 1 is 1.15 bits per heavy atom. The molecule has 0 saturated heterocycles. The summed E-state index contributed by atoms with van der Waals surface area (Å²) >= 11 is 0. The largest absolute Gasteiger partial charge is 0.503 e. The molecule has 0 bridgehead atoms. The lowest BCUT2D eigenvalue weighted by Crippen LogP contribution is -2.31. The quantitative estimate of drug-likeness (QED) is 0.351. The van der Waals surface area contributed by atoms with E-state index in [-0.39, 0.29) is 17.2 Å². The number of hydrogen-bond donors (Lipinski definition) is 1. The third-order valence-electron chi connectivity index (χ3n) is 5.54. The Kier molecular flexibility index (Phi) is 6.45. The highest BCUT2D eigenvalue weighted by Gasteiger charge is 2.46. The van der Waals surface area contributed by atoms with Crippen molar-refractivity contribution in [1.82, 2.24) is 5.16 Å². The number of methoxy groups -OCH3 is 1. The summed E-state index contributed by atoms with van der Waals surface area (Å²) in [7, 11) is 1.51. The third kappa shape index (κ3) is 4.16. The molecule has 0 saturated carbocycles. The van der Waals surface area contributed by atoms with Crippen LogP contribution in [0.25, 0.3) is 0 Å². The molecule has 4 rings (SSSR count). The van der Waals surface area contributed by atoms with Crippen LogP contribution < -0.4 is 14.4 Å². The van der Waals surface area contributed by atoms with E-state index in [2.05, 4.69) is 12.1 Å². The summed E-state index contributed by atoms with van der Waals surface area (Å²) in [5.41, 5.74) is 0.395. The number of aliphatic hydroxyl groups excluding tert-OH is 1. The topological polar surface area (TPSA) is 115 Å². The number of unbranched alkanes of at least 4 members (excludes halogenated alkanes) is 1. The summed E-state index contributed by atoms with van der Waals surface area (Å²) in [6.45, 7) is 5.98. The first-order valence-corrected chi connectivity index (χ1v) is 11.0. The number of aliphatic hydroxyl groups is 1. The van der Waals surface area contributed by atoms with Crippen LogP contribution in [0.15, 0.2) is 56.7 Å². The van der Waals surface area contributed by atoms with Gasteiger partial charge >= 0.3 is 0 Å². The van der Waals surface area contributed by atoms with Crippen LogP contribution in [0.4, 0.5) is 5.82 Å². The predicted octanol–water partition coefficient (Wildman–Crippen LogP) is 4.85. The summed E-state index contributed by atoms with van der Waals surface area (Å²) in [6.07, 6.45) is 1.87. The summed E-state index contributed by atoms with van der Waals surface area (Å²) < 4.78 is 22.0. The number of amides is 1. The van der Waals surface area contributed by atoms with Crippen LogP contribution in [0.1, 0.15) is 53.4 Å². The molecule has 1 N–H and O–H groups in total. The van der Waals surface area contributed by atoms with Crippen LogP contribution in [-0.2, 0) is 4.79 Å². The van der Waals surface area contributed by atoms with Crippen LogP contribution in [0, 0.1) is 13.8 Å². The number of nitrogens with zero attached hydrogens (tertiary/aromatic N) is 2. The van der Waals surface area contributed by atoms with Crippen LogP contribution in [-0.4, -0.2) is 35.7 Å². The second-order valence-corrected chi connectivity index (χ2v) is 7.99. The Morgan fingerprint density at radius 2 is 1.94 bits per heavy atom. The van der Waals surface area contributed by atoms with Crippen LogP contribution in [0.3, 0.4) is 0 Å². The minimum absolute atomic E-state index is 0.0153. The molecule has 0 aliphatic carbocycles. The number of anilines is 1. The maximum Gasteiger partial charge on any atom is 0.295 e. The van der Waals surface area contributed by atoms with Crippen molar-refractivity contribution in [1.29, 1.82) is 0 Å². The SMILES string of the molecule is CCCCOc1ccc([C@@H]2C(C(=O)c3ccc(C)o3)=C(O)C(=O)N2c2cc(C)on2)cc1OC. The number of carbonyl (C=O) groups is 2. The molecule has 178 valence electrons. The van der Waals surface area contributed by atoms with Crippen molar-refractivity contribution in [2.45, 2.75) is 39.7 Å². The van der Waals surface area contributed by atoms with Crippen molar-refractivity contribution in [3.8, 4) is 11.5 Å². The van der Waals surface area contributed by atoms with Gasteiger partial charge in [-0.3, -0.25) is 14.5 Å². The second-order valence-electron chi connectivity index (χ2n) is 7.99. The van der Waals surface area contributed by atoms with Gasteiger partial charge in [-0.25, -0.2) is 0 Å². The molecule has 3 aromatic rings. The molecule has 0 fully saturated rings. The molecule has 0 spiro atoms. The van der Waals surface area contributed by atoms with E-state index >= 15 is 0 Å². The second kappa shape index (κ2) is 9.46. The fourth-order valence-corrected chi connectivity index (χ4v) is 3.84. The lowest BCUT2D eigenvalue weighted by Gasteiger charge is -2.25. The lowest BCUT2D eigenvalue weighted by atomic mass is 9.94. The summed E-state index contributed by atoms with van der Waals surface area (Å²) in [6, 6.07) is 8.83. The van der Waals surface area contributed by atoms with Gasteiger partial charge in [0.15, 0.2) is 28.8 Å². The van der Waals surface area contributed by atoms with Gasteiger partial charge in [-0.1, -0.05) is 24.6 Å². The van der Waals surface area contributed by atoms with Crippen molar-refractivity contribution < 1.29 is 33.1 Å². The van der Waals surface area contributed by atoms with Crippen LogP contribution in [0.5, 0.6) is 11.5 Å².